The Balaban J connectivity index is 1.60. The molecule has 0 bridgehead atoms. The molecule has 114 valence electrons. The Kier molecular flexibility index (Phi) is 4.36. The van der Waals surface area contributed by atoms with Crippen molar-refractivity contribution in [1.29, 1.82) is 0 Å². The third-order valence-corrected chi connectivity index (χ3v) is 4.27. The fraction of sp³-hybridized carbons (Fsp3) is 0.600. The first-order valence-electron chi connectivity index (χ1n) is 7.63. The molecule has 2 saturated heterocycles. The fourth-order valence-corrected chi connectivity index (χ4v) is 3.00. The van der Waals surface area contributed by atoms with Crippen LogP contribution < -0.4 is 16.0 Å². The van der Waals surface area contributed by atoms with Crippen molar-refractivity contribution < 1.29 is 9.90 Å². The van der Waals surface area contributed by atoms with Gasteiger partial charge in [0.05, 0.1) is 17.9 Å². The summed E-state index contributed by atoms with van der Waals surface area (Å²) < 4.78 is 0. The van der Waals surface area contributed by atoms with Gasteiger partial charge in [0.25, 0.3) is 0 Å². The second-order valence-electron chi connectivity index (χ2n) is 5.80. The van der Waals surface area contributed by atoms with E-state index in [9.17, 15) is 9.90 Å². The number of hydrogen-bond donors (Lipinski definition) is 4. The van der Waals surface area contributed by atoms with Crippen LogP contribution in [0.2, 0.25) is 0 Å². The standard InChI is InChI=1S/C15H22N4O2/c20-14-4-3-13(15(21)19-14)18-11-1-2-12(17-9-11)10-5-7-16-8-6-10/h1-2,9-10,13,15-16,18,21H,3-8H2,(H,19,20). The quantitative estimate of drug-likeness (QED) is 0.653. The van der Waals surface area contributed by atoms with Crippen molar-refractivity contribution in [2.75, 3.05) is 18.4 Å². The molecule has 21 heavy (non-hydrogen) atoms. The highest BCUT2D eigenvalue weighted by atomic mass is 16.3. The van der Waals surface area contributed by atoms with Crippen molar-refractivity contribution in [3.63, 3.8) is 0 Å². The van der Waals surface area contributed by atoms with Gasteiger partial charge in [-0.15, -0.1) is 0 Å². The number of amides is 1. The topological polar surface area (TPSA) is 86.3 Å². The van der Waals surface area contributed by atoms with Crippen LogP contribution in [-0.4, -0.2) is 41.4 Å². The summed E-state index contributed by atoms with van der Waals surface area (Å²) in [5.74, 6) is 0.444. The Morgan fingerprint density at radius 2 is 2.05 bits per heavy atom. The van der Waals surface area contributed by atoms with E-state index < -0.39 is 6.23 Å². The first kappa shape index (κ1) is 14.3. The van der Waals surface area contributed by atoms with Gasteiger partial charge in [0.2, 0.25) is 5.91 Å². The zero-order valence-electron chi connectivity index (χ0n) is 12.0. The number of nitrogens with one attached hydrogen (secondary N) is 3. The van der Waals surface area contributed by atoms with Gasteiger partial charge in [-0.05, 0) is 44.5 Å². The van der Waals surface area contributed by atoms with Crippen LogP contribution in [0.25, 0.3) is 0 Å². The molecule has 0 aliphatic carbocycles. The SMILES string of the molecule is O=C1CCC(Nc2ccc(C3CCNCC3)nc2)C(O)N1. The summed E-state index contributed by atoms with van der Waals surface area (Å²) in [6.07, 6.45) is 4.31. The van der Waals surface area contributed by atoms with E-state index in [2.05, 4.69) is 27.0 Å². The second-order valence-corrected chi connectivity index (χ2v) is 5.80. The minimum absolute atomic E-state index is 0.0973. The van der Waals surface area contributed by atoms with Crippen molar-refractivity contribution in [2.24, 2.45) is 0 Å². The van der Waals surface area contributed by atoms with Gasteiger partial charge in [0.15, 0.2) is 0 Å². The van der Waals surface area contributed by atoms with Gasteiger partial charge in [0, 0.05) is 18.0 Å². The molecule has 2 aliphatic heterocycles. The molecular weight excluding hydrogens is 268 g/mol. The number of pyridine rings is 1. The largest absolute Gasteiger partial charge is 0.377 e. The summed E-state index contributed by atoms with van der Waals surface area (Å²) in [4.78, 5) is 15.7. The van der Waals surface area contributed by atoms with Gasteiger partial charge in [-0.3, -0.25) is 9.78 Å². The molecule has 1 amide bonds. The minimum Gasteiger partial charge on any atom is -0.377 e. The number of nitrogens with zero attached hydrogens (tertiary/aromatic N) is 1. The van der Waals surface area contributed by atoms with E-state index in [1.165, 1.54) is 0 Å². The Morgan fingerprint density at radius 1 is 1.24 bits per heavy atom. The molecule has 0 radical (unpaired) electrons. The zero-order valence-corrected chi connectivity index (χ0v) is 12.0. The predicted molar refractivity (Wildman–Crippen MR) is 79.9 cm³/mol. The summed E-state index contributed by atoms with van der Waals surface area (Å²) >= 11 is 0. The van der Waals surface area contributed by atoms with Crippen LogP contribution in [0.1, 0.15) is 37.3 Å². The lowest BCUT2D eigenvalue weighted by atomic mass is 9.94. The van der Waals surface area contributed by atoms with Crippen LogP contribution in [0.4, 0.5) is 5.69 Å². The van der Waals surface area contributed by atoms with E-state index in [1.54, 1.807) is 0 Å². The molecule has 0 spiro atoms. The Morgan fingerprint density at radius 3 is 2.71 bits per heavy atom. The van der Waals surface area contributed by atoms with Crippen molar-refractivity contribution in [2.45, 2.75) is 43.9 Å². The number of carbonyl (C=O) groups excluding carboxylic acids is 1. The van der Waals surface area contributed by atoms with Crippen LogP contribution in [0, 0.1) is 0 Å². The smallest absolute Gasteiger partial charge is 0.222 e. The van der Waals surface area contributed by atoms with E-state index in [1.807, 2.05) is 12.3 Å². The first-order chi connectivity index (χ1) is 10.2. The third kappa shape index (κ3) is 3.51. The number of hydrogen-bond acceptors (Lipinski definition) is 5. The van der Waals surface area contributed by atoms with Crippen molar-refractivity contribution in [3.05, 3.63) is 24.0 Å². The lowest BCUT2D eigenvalue weighted by Gasteiger charge is -2.29. The lowest BCUT2D eigenvalue weighted by Crippen LogP contribution is -2.51. The van der Waals surface area contributed by atoms with Crippen molar-refractivity contribution in [1.82, 2.24) is 15.6 Å². The maximum absolute atomic E-state index is 11.2. The molecule has 2 unspecified atom stereocenters. The molecule has 0 saturated carbocycles. The average Bonchev–Trinajstić information content (AvgIpc) is 2.52. The highest BCUT2D eigenvalue weighted by molar-refractivity contribution is 5.77. The maximum atomic E-state index is 11.2. The van der Waals surface area contributed by atoms with E-state index in [4.69, 9.17) is 0 Å². The highest BCUT2D eigenvalue weighted by Crippen LogP contribution is 2.24. The van der Waals surface area contributed by atoms with E-state index >= 15 is 0 Å². The Hall–Kier alpha value is -1.66. The van der Waals surface area contributed by atoms with Gasteiger partial charge >= 0.3 is 0 Å². The zero-order chi connectivity index (χ0) is 14.7. The minimum atomic E-state index is -0.838. The molecule has 1 aromatic heterocycles. The summed E-state index contributed by atoms with van der Waals surface area (Å²) in [6, 6.07) is 3.91. The molecule has 2 fully saturated rings. The summed E-state index contributed by atoms with van der Waals surface area (Å²) in [6.45, 7) is 2.11. The number of aromatic nitrogens is 1. The molecular formula is C15H22N4O2. The number of anilines is 1. The third-order valence-electron chi connectivity index (χ3n) is 4.27. The van der Waals surface area contributed by atoms with E-state index in [0.29, 0.717) is 18.8 Å². The molecule has 1 aromatic rings. The number of piperidine rings is 2. The predicted octanol–water partition coefficient (Wildman–Crippen LogP) is 0.557. The first-order valence-corrected chi connectivity index (χ1v) is 7.63. The summed E-state index contributed by atoms with van der Waals surface area (Å²) in [5, 5.41) is 19.0. The van der Waals surface area contributed by atoms with E-state index in [0.717, 1.165) is 37.3 Å². The second kappa shape index (κ2) is 6.41. The van der Waals surface area contributed by atoms with Crippen molar-refractivity contribution in [3.8, 4) is 0 Å². The van der Waals surface area contributed by atoms with Crippen LogP contribution in [0.5, 0.6) is 0 Å². The van der Waals surface area contributed by atoms with Crippen LogP contribution >= 0.6 is 0 Å². The Bertz CT molecular complexity index is 485. The van der Waals surface area contributed by atoms with Gasteiger partial charge in [-0.25, -0.2) is 0 Å². The molecule has 6 heteroatoms. The van der Waals surface area contributed by atoms with E-state index in [-0.39, 0.29) is 11.9 Å². The van der Waals surface area contributed by atoms with Gasteiger partial charge in [-0.2, -0.15) is 0 Å². The van der Waals surface area contributed by atoms with Gasteiger partial charge < -0.3 is 21.1 Å². The fourth-order valence-electron chi connectivity index (χ4n) is 3.00. The molecule has 3 rings (SSSR count). The average molecular weight is 290 g/mol. The highest BCUT2D eigenvalue weighted by Gasteiger charge is 2.26. The maximum Gasteiger partial charge on any atom is 0.222 e. The molecule has 4 N–H and O–H groups in total. The molecule has 2 aliphatic rings. The summed E-state index contributed by atoms with van der Waals surface area (Å²) in [5.41, 5.74) is 2.02. The van der Waals surface area contributed by atoms with Crippen molar-refractivity contribution >= 4 is 11.6 Å². The molecule has 3 heterocycles. The Labute approximate surface area is 124 Å². The monoisotopic (exact) mass is 290 g/mol. The summed E-state index contributed by atoms with van der Waals surface area (Å²) in [7, 11) is 0. The number of aliphatic hydroxyl groups is 1. The molecule has 2 atom stereocenters. The molecule has 0 aromatic carbocycles. The number of carbonyl (C=O) groups is 1. The van der Waals surface area contributed by atoms with Gasteiger partial charge in [0.1, 0.15) is 6.23 Å². The lowest BCUT2D eigenvalue weighted by molar-refractivity contribution is -0.126. The normalized spacial score (nSPS) is 27.2. The van der Waals surface area contributed by atoms with Crippen LogP contribution in [-0.2, 0) is 4.79 Å². The van der Waals surface area contributed by atoms with Crippen LogP contribution in [0.3, 0.4) is 0 Å². The number of aliphatic hydroxyl groups excluding tert-OH is 1. The van der Waals surface area contributed by atoms with Crippen LogP contribution in [0.15, 0.2) is 18.3 Å². The van der Waals surface area contributed by atoms with Gasteiger partial charge in [-0.1, -0.05) is 0 Å². The molecule has 6 nitrogen and oxygen atoms in total. The number of rotatable bonds is 3.